The Morgan fingerprint density at radius 3 is 2.04 bits per heavy atom. The third kappa shape index (κ3) is 4.10. The van der Waals surface area contributed by atoms with E-state index in [1.807, 2.05) is 30.3 Å². The zero-order chi connectivity index (χ0) is 17.0. The van der Waals surface area contributed by atoms with Crippen LogP contribution in [0.3, 0.4) is 0 Å². The molecule has 0 bridgehead atoms. The molecule has 0 atom stereocenters. The second kappa shape index (κ2) is 6.82. The zero-order valence-electron chi connectivity index (χ0n) is 14.0. The van der Waals surface area contributed by atoms with Crippen LogP contribution in [-0.2, 0) is 10.2 Å². The van der Waals surface area contributed by atoms with Gasteiger partial charge in [-0.05, 0) is 23.1 Å². The van der Waals surface area contributed by atoms with Gasteiger partial charge >= 0.3 is 0 Å². The highest BCUT2D eigenvalue weighted by Gasteiger charge is 2.24. The number of nitrogens with zero attached hydrogens (tertiary/aromatic N) is 3. The largest absolute Gasteiger partial charge is 0.338 e. The third-order valence-corrected chi connectivity index (χ3v) is 4.15. The number of carbonyl (C=O) groups excluding carboxylic acids is 2. The Bertz CT molecular complexity index is 615. The van der Waals surface area contributed by atoms with Crippen molar-refractivity contribution in [3.8, 4) is 6.07 Å². The maximum atomic E-state index is 12.5. The van der Waals surface area contributed by atoms with Gasteiger partial charge in [-0.3, -0.25) is 9.59 Å². The van der Waals surface area contributed by atoms with E-state index in [0.29, 0.717) is 31.7 Å². The summed E-state index contributed by atoms with van der Waals surface area (Å²) in [7, 11) is 0. The van der Waals surface area contributed by atoms with Gasteiger partial charge in [-0.25, -0.2) is 0 Å². The molecular weight excluding hydrogens is 290 g/mol. The molecule has 1 aliphatic heterocycles. The number of nitriles is 1. The quantitative estimate of drug-likeness (QED) is 0.840. The summed E-state index contributed by atoms with van der Waals surface area (Å²) in [6.45, 7) is 8.43. The monoisotopic (exact) mass is 313 g/mol. The van der Waals surface area contributed by atoms with Gasteiger partial charge in [-0.1, -0.05) is 32.9 Å². The summed E-state index contributed by atoms with van der Waals surface area (Å²) < 4.78 is 0. The van der Waals surface area contributed by atoms with Crippen LogP contribution in [0.1, 0.15) is 43.1 Å². The van der Waals surface area contributed by atoms with E-state index >= 15 is 0 Å². The SMILES string of the molecule is CC(C)(C)c1ccc(C(=O)N2CCN(C(=O)CC#N)CC2)cc1. The first-order valence-electron chi connectivity index (χ1n) is 7.87. The molecule has 1 heterocycles. The summed E-state index contributed by atoms with van der Waals surface area (Å²) in [6.07, 6.45) is -0.0950. The van der Waals surface area contributed by atoms with Crippen LogP contribution < -0.4 is 0 Å². The molecule has 2 rings (SSSR count). The van der Waals surface area contributed by atoms with Crippen LogP contribution in [0, 0.1) is 11.3 Å². The van der Waals surface area contributed by atoms with Crippen LogP contribution in [0.5, 0.6) is 0 Å². The normalized spacial score (nSPS) is 15.2. The average Bonchev–Trinajstić information content (AvgIpc) is 2.54. The Hall–Kier alpha value is -2.35. The molecule has 122 valence electrons. The lowest BCUT2D eigenvalue weighted by Crippen LogP contribution is -2.50. The van der Waals surface area contributed by atoms with Gasteiger partial charge < -0.3 is 9.80 Å². The van der Waals surface area contributed by atoms with Crippen molar-refractivity contribution >= 4 is 11.8 Å². The van der Waals surface area contributed by atoms with Gasteiger partial charge in [0, 0.05) is 31.7 Å². The molecule has 0 N–H and O–H groups in total. The van der Waals surface area contributed by atoms with Gasteiger partial charge in [0.05, 0.1) is 6.07 Å². The summed E-state index contributed by atoms with van der Waals surface area (Å²) in [4.78, 5) is 27.6. The van der Waals surface area contributed by atoms with Crippen molar-refractivity contribution in [3.63, 3.8) is 0 Å². The lowest BCUT2D eigenvalue weighted by Gasteiger charge is -2.34. The third-order valence-electron chi connectivity index (χ3n) is 4.15. The Labute approximate surface area is 137 Å². The molecule has 0 radical (unpaired) electrons. The second-order valence-corrected chi connectivity index (χ2v) is 6.84. The van der Waals surface area contributed by atoms with Crippen LogP contribution in [-0.4, -0.2) is 47.8 Å². The van der Waals surface area contributed by atoms with Gasteiger partial charge in [-0.15, -0.1) is 0 Å². The number of benzene rings is 1. The molecule has 2 amide bonds. The molecule has 1 aromatic rings. The van der Waals surface area contributed by atoms with E-state index in [-0.39, 0.29) is 23.7 Å². The summed E-state index contributed by atoms with van der Waals surface area (Å²) in [5.74, 6) is -0.160. The van der Waals surface area contributed by atoms with Crippen molar-refractivity contribution in [3.05, 3.63) is 35.4 Å². The first-order valence-corrected chi connectivity index (χ1v) is 7.87. The Balaban J connectivity index is 1.97. The Morgan fingerprint density at radius 2 is 1.57 bits per heavy atom. The second-order valence-electron chi connectivity index (χ2n) is 6.84. The van der Waals surface area contributed by atoms with Crippen molar-refractivity contribution < 1.29 is 9.59 Å². The lowest BCUT2D eigenvalue weighted by molar-refractivity contribution is -0.131. The molecule has 5 nitrogen and oxygen atoms in total. The minimum Gasteiger partial charge on any atom is -0.338 e. The van der Waals surface area contributed by atoms with E-state index in [9.17, 15) is 9.59 Å². The number of hydrogen-bond acceptors (Lipinski definition) is 3. The molecule has 0 unspecified atom stereocenters. The van der Waals surface area contributed by atoms with Crippen LogP contribution >= 0.6 is 0 Å². The zero-order valence-corrected chi connectivity index (χ0v) is 14.0. The Morgan fingerprint density at radius 1 is 1.04 bits per heavy atom. The van der Waals surface area contributed by atoms with Crippen molar-refractivity contribution in [2.75, 3.05) is 26.2 Å². The van der Waals surface area contributed by atoms with Crippen molar-refractivity contribution in [2.24, 2.45) is 0 Å². The van der Waals surface area contributed by atoms with Gasteiger partial charge in [0.25, 0.3) is 5.91 Å². The van der Waals surface area contributed by atoms with Crippen molar-refractivity contribution in [2.45, 2.75) is 32.6 Å². The van der Waals surface area contributed by atoms with E-state index in [1.54, 1.807) is 9.80 Å². The number of piperazine rings is 1. The predicted molar refractivity (Wildman–Crippen MR) is 87.9 cm³/mol. The number of amides is 2. The fourth-order valence-electron chi connectivity index (χ4n) is 2.63. The van der Waals surface area contributed by atoms with Gasteiger partial charge in [0.1, 0.15) is 6.42 Å². The van der Waals surface area contributed by atoms with Crippen molar-refractivity contribution in [1.29, 1.82) is 5.26 Å². The first kappa shape index (κ1) is 17.0. The van der Waals surface area contributed by atoms with Crippen LogP contribution in [0.4, 0.5) is 0 Å². The van der Waals surface area contributed by atoms with E-state index in [1.165, 1.54) is 5.56 Å². The molecule has 5 heteroatoms. The van der Waals surface area contributed by atoms with Gasteiger partial charge in [0.15, 0.2) is 0 Å². The smallest absolute Gasteiger partial charge is 0.253 e. The summed E-state index contributed by atoms with van der Waals surface area (Å²) in [5, 5.41) is 8.57. The van der Waals surface area contributed by atoms with Gasteiger partial charge in [-0.2, -0.15) is 5.26 Å². The van der Waals surface area contributed by atoms with E-state index < -0.39 is 0 Å². The predicted octanol–water partition coefficient (Wildman–Crippen LogP) is 2.18. The Kier molecular flexibility index (Phi) is 5.05. The molecule has 0 aromatic heterocycles. The molecule has 0 spiro atoms. The first-order chi connectivity index (χ1) is 10.8. The average molecular weight is 313 g/mol. The fourth-order valence-corrected chi connectivity index (χ4v) is 2.63. The summed E-state index contributed by atoms with van der Waals surface area (Å²) in [5.41, 5.74) is 1.93. The molecule has 1 aliphatic rings. The van der Waals surface area contributed by atoms with Crippen LogP contribution in [0.25, 0.3) is 0 Å². The minimum absolute atomic E-state index is 0.00200. The molecule has 1 saturated heterocycles. The standard InChI is InChI=1S/C18H23N3O2/c1-18(2,3)15-6-4-14(5-7-15)17(23)21-12-10-20(11-13-21)16(22)8-9-19/h4-7H,8,10-13H2,1-3H3. The summed E-state index contributed by atoms with van der Waals surface area (Å²) in [6, 6.07) is 9.61. The highest BCUT2D eigenvalue weighted by Crippen LogP contribution is 2.22. The highest BCUT2D eigenvalue weighted by atomic mass is 16.2. The van der Waals surface area contributed by atoms with Crippen LogP contribution in [0.2, 0.25) is 0 Å². The molecule has 1 fully saturated rings. The van der Waals surface area contributed by atoms with E-state index in [0.717, 1.165) is 0 Å². The van der Waals surface area contributed by atoms with Crippen molar-refractivity contribution in [1.82, 2.24) is 9.80 Å². The topological polar surface area (TPSA) is 64.4 Å². The minimum atomic E-state index is -0.158. The number of carbonyl (C=O) groups is 2. The summed E-state index contributed by atoms with van der Waals surface area (Å²) >= 11 is 0. The number of hydrogen-bond donors (Lipinski definition) is 0. The fraction of sp³-hybridized carbons (Fsp3) is 0.500. The molecule has 0 aliphatic carbocycles. The van der Waals surface area contributed by atoms with Gasteiger partial charge in [0.2, 0.25) is 5.91 Å². The molecule has 0 saturated carbocycles. The maximum absolute atomic E-state index is 12.5. The highest BCUT2D eigenvalue weighted by molar-refractivity contribution is 5.94. The molecule has 23 heavy (non-hydrogen) atoms. The molecular formula is C18H23N3O2. The maximum Gasteiger partial charge on any atom is 0.253 e. The molecule has 1 aromatic carbocycles. The van der Waals surface area contributed by atoms with E-state index in [2.05, 4.69) is 20.8 Å². The van der Waals surface area contributed by atoms with Crippen LogP contribution in [0.15, 0.2) is 24.3 Å². The lowest BCUT2D eigenvalue weighted by atomic mass is 9.86. The number of rotatable bonds is 2. The van der Waals surface area contributed by atoms with E-state index in [4.69, 9.17) is 5.26 Å².